The van der Waals surface area contributed by atoms with E-state index >= 15 is 0 Å². The molecule has 1 atom stereocenters. The molecule has 1 aliphatic rings. The molecule has 18 heavy (non-hydrogen) atoms. The first-order valence-electron chi connectivity index (χ1n) is 6.39. The van der Waals surface area contributed by atoms with Gasteiger partial charge in [0.05, 0.1) is 12.5 Å². The summed E-state index contributed by atoms with van der Waals surface area (Å²) in [5.74, 6) is 0.365. The molecule has 0 saturated carbocycles. The van der Waals surface area contributed by atoms with Crippen molar-refractivity contribution in [1.82, 2.24) is 5.32 Å². The van der Waals surface area contributed by atoms with Gasteiger partial charge in [-0.05, 0) is 48.6 Å². The van der Waals surface area contributed by atoms with Crippen LogP contribution in [0, 0.1) is 0 Å². The molecule has 3 rings (SSSR count). The van der Waals surface area contributed by atoms with Crippen LogP contribution in [0.15, 0.2) is 41.2 Å². The van der Waals surface area contributed by atoms with Crippen LogP contribution in [0.25, 0.3) is 0 Å². The minimum absolute atomic E-state index is 0.365. The van der Waals surface area contributed by atoms with Crippen LogP contribution in [0.3, 0.4) is 0 Å². The van der Waals surface area contributed by atoms with Gasteiger partial charge < -0.3 is 14.8 Å². The standard InChI is InChI=1S/C15H17NO2/c17-13-4-5-14-12(8-13)2-1-3-15(14)16-9-11-6-7-18-10-11/h4-8,10,15-17H,1-3,9H2. The van der Waals surface area contributed by atoms with E-state index in [9.17, 15) is 5.11 Å². The molecule has 2 N–H and O–H groups in total. The third-order valence-electron chi connectivity index (χ3n) is 3.57. The first-order chi connectivity index (χ1) is 8.83. The van der Waals surface area contributed by atoms with E-state index in [1.54, 1.807) is 18.6 Å². The summed E-state index contributed by atoms with van der Waals surface area (Å²) in [6.07, 6.45) is 6.85. The molecule has 0 fully saturated rings. The Bertz CT molecular complexity index is 519. The SMILES string of the molecule is Oc1ccc2c(c1)CCCC2NCc1ccoc1. The smallest absolute Gasteiger partial charge is 0.115 e. The monoisotopic (exact) mass is 243 g/mol. The Hall–Kier alpha value is -1.74. The van der Waals surface area contributed by atoms with Crippen LogP contribution in [0.5, 0.6) is 5.75 Å². The highest BCUT2D eigenvalue weighted by molar-refractivity contribution is 5.38. The molecule has 1 aromatic carbocycles. The van der Waals surface area contributed by atoms with Crippen molar-refractivity contribution in [2.75, 3.05) is 0 Å². The van der Waals surface area contributed by atoms with Crippen molar-refractivity contribution in [3.05, 3.63) is 53.5 Å². The molecule has 2 aromatic rings. The first kappa shape index (κ1) is 11.4. The number of hydrogen-bond acceptors (Lipinski definition) is 3. The zero-order chi connectivity index (χ0) is 12.4. The van der Waals surface area contributed by atoms with Crippen LogP contribution < -0.4 is 5.32 Å². The van der Waals surface area contributed by atoms with Gasteiger partial charge in [-0.2, -0.15) is 0 Å². The molecule has 1 heterocycles. The predicted octanol–water partition coefficient (Wildman–Crippen LogP) is 3.15. The molecular formula is C15H17NO2. The Morgan fingerprint density at radius 3 is 3.11 bits per heavy atom. The summed E-state index contributed by atoms with van der Waals surface area (Å²) in [7, 11) is 0. The second-order valence-corrected chi connectivity index (χ2v) is 4.84. The Balaban J connectivity index is 1.75. The van der Waals surface area contributed by atoms with Gasteiger partial charge in [0.2, 0.25) is 0 Å². The molecule has 3 nitrogen and oxygen atoms in total. The lowest BCUT2D eigenvalue weighted by Crippen LogP contribution is -2.24. The van der Waals surface area contributed by atoms with Crippen molar-refractivity contribution >= 4 is 0 Å². The predicted molar refractivity (Wildman–Crippen MR) is 69.3 cm³/mol. The average Bonchev–Trinajstić information content (AvgIpc) is 2.89. The van der Waals surface area contributed by atoms with Crippen LogP contribution in [0.4, 0.5) is 0 Å². The van der Waals surface area contributed by atoms with Crippen molar-refractivity contribution in [2.24, 2.45) is 0 Å². The Kier molecular flexibility index (Phi) is 3.07. The zero-order valence-electron chi connectivity index (χ0n) is 10.2. The van der Waals surface area contributed by atoms with Crippen molar-refractivity contribution in [2.45, 2.75) is 31.8 Å². The molecule has 94 valence electrons. The maximum atomic E-state index is 9.52. The summed E-state index contributed by atoms with van der Waals surface area (Å²) < 4.78 is 5.07. The van der Waals surface area contributed by atoms with Gasteiger partial charge in [-0.3, -0.25) is 0 Å². The van der Waals surface area contributed by atoms with E-state index in [-0.39, 0.29) is 0 Å². The van der Waals surface area contributed by atoms with Crippen molar-refractivity contribution in [1.29, 1.82) is 0 Å². The normalized spacial score (nSPS) is 18.6. The third-order valence-corrected chi connectivity index (χ3v) is 3.57. The summed E-state index contributed by atoms with van der Waals surface area (Å²) >= 11 is 0. The highest BCUT2D eigenvalue weighted by Crippen LogP contribution is 2.32. The summed E-state index contributed by atoms with van der Waals surface area (Å²) in [6, 6.07) is 8.06. The molecule has 3 heteroatoms. The number of aryl methyl sites for hydroxylation is 1. The molecule has 0 saturated heterocycles. The van der Waals surface area contributed by atoms with E-state index in [1.165, 1.54) is 23.1 Å². The van der Waals surface area contributed by atoms with Crippen LogP contribution in [0.2, 0.25) is 0 Å². The molecule has 0 amide bonds. The summed E-state index contributed by atoms with van der Waals surface area (Å²) in [4.78, 5) is 0. The fourth-order valence-corrected chi connectivity index (χ4v) is 2.65. The van der Waals surface area contributed by atoms with Gasteiger partial charge in [-0.15, -0.1) is 0 Å². The fraction of sp³-hybridized carbons (Fsp3) is 0.333. The number of benzene rings is 1. The second kappa shape index (κ2) is 4.86. The van der Waals surface area contributed by atoms with Gasteiger partial charge in [0.25, 0.3) is 0 Å². The van der Waals surface area contributed by atoms with Crippen molar-refractivity contribution in [3.8, 4) is 5.75 Å². The second-order valence-electron chi connectivity index (χ2n) is 4.84. The van der Waals surface area contributed by atoms with Crippen molar-refractivity contribution in [3.63, 3.8) is 0 Å². The van der Waals surface area contributed by atoms with Gasteiger partial charge in [-0.1, -0.05) is 6.07 Å². The molecule has 0 spiro atoms. The molecule has 0 bridgehead atoms. The Morgan fingerprint density at radius 1 is 1.33 bits per heavy atom. The quantitative estimate of drug-likeness (QED) is 0.870. The Morgan fingerprint density at radius 2 is 2.28 bits per heavy atom. The number of aromatic hydroxyl groups is 1. The van der Waals surface area contributed by atoms with Gasteiger partial charge >= 0.3 is 0 Å². The molecule has 1 aromatic heterocycles. The van der Waals surface area contributed by atoms with E-state index in [2.05, 4.69) is 5.32 Å². The van der Waals surface area contributed by atoms with Gasteiger partial charge in [-0.25, -0.2) is 0 Å². The van der Waals surface area contributed by atoms with Gasteiger partial charge in [0.15, 0.2) is 0 Å². The third kappa shape index (κ3) is 2.27. The van der Waals surface area contributed by atoms with E-state index in [1.807, 2.05) is 18.2 Å². The fourth-order valence-electron chi connectivity index (χ4n) is 2.65. The number of phenolic OH excluding ortho intramolecular Hbond substituents is 1. The lowest BCUT2D eigenvalue weighted by Gasteiger charge is -2.26. The number of hydrogen-bond donors (Lipinski definition) is 2. The lowest BCUT2D eigenvalue weighted by molar-refractivity contribution is 0.448. The van der Waals surface area contributed by atoms with Crippen LogP contribution in [-0.4, -0.2) is 5.11 Å². The lowest BCUT2D eigenvalue weighted by atomic mass is 9.87. The van der Waals surface area contributed by atoms with Crippen molar-refractivity contribution < 1.29 is 9.52 Å². The minimum atomic E-state index is 0.365. The maximum absolute atomic E-state index is 9.52. The van der Waals surface area contributed by atoms with Crippen LogP contribution in [-0.2, 0) is 13.0 Å². The highest BCUT2D eigenvalue weighted by atomic mass is 16.3. The van der Waals surface area contributed by atoms with E-state index in [0.717, 1.165) is 19.4 Å². The summed E-state index contributed by atoms with van der Waals surface area (Å²) in [5.41, 5.74) is 3.76. The zero-order valence-corrected chi connectivity index (χ0v) is 10.2. The van der Waals surface area contributed by atoms with Crippen LogP contribution >= 0.6 is 0 Å². The number of fused-ring (bicyclic) bond motifs is 1. The highest BCUT2D eigenvalue weighted by Gasteiger charge is 2.19. The Labute approximate surface area is 106 Å². The van der Waals surface area contributed by atoms with Gasteiger partial charge in [0.1, 0.15) is 5.75 Å². The largest absolute Gasteiger partial charge is 0.508 e. The summed E-state index contributed by atoms with van der Waals surface area (Å²) in [5, 5.41) is 13.1. The van der Waals surface area contributed by atoms with Crippen LogP contribution in [0.1, 0.15) is 35.6 Å². The molecular weight excluding hydrogens is 226 g/mol. The first-order valence-corrected chi connectivity index (χ1v) is 6.39. The van der Waals surface area contributed by atoms with E-state index < -0.39 is 0 Å². The van der Waals surface area contributed by atoms with Gasteiger partial charge in [0, 0.05) is 18.2 Å². The summed E-state index contributed by atoms with van der Waals surface area (Å²) in [6.45, 7) is 0.821. The van der Waals surface area contributed by atoms with E-state index in [0.29, 0.717) is 11.8 Å². The molecule has 0 aliphatic heterocycles. The van der Waals surface area contributed by atoms with E-state index in [4.69, 9.17) is 4.42 Å². The molecule has 1 unspecified atom stereocenters. The number of phenols is 1. The minimum Gasteiger partial charge on any atom is -0.508 e. The maximum Gasteiger partial charge on any atom is 0.115 e. The molecule has 0 radical (unpaired) electrons. The molecule has 1 aliphatic carbocycles. The number of nitrogens with one attached hydrogen (secondary N) is 1. The average molecular weight is 243 g/mol. The number of furan rings is 1. The topological polar surface area (TPSA) is 45.4 Å². The number of rotatable bonds is 3.